The van der Waals surface area contributed by atoms with Gasteiger partial charge in [-0.05, 0) is 38.5 Å². The summed E-state index contributed by atoms with van der Waals surface area (Å²) in [4.78, 5) is 16.7. The highest BCUT2D eigenvalue weighted by Crippen LogP contribution is 2.29. The van der Waals surface area contributed by atoms with E-state index in [2.05, 4.69) is 42.4 Å². The van der Waals surface area contributed by atoms with Crippen molar-refractivity contribution >= 4 is 28.6 Å². The number of rotatable bonds is 6. The number of ether oxygens (including phenoxy) is 1. The molecule has 6 heteroatoms. The number of carbonyl (C=O) groups is 1. The summed E-state index contributed by atoms with van der Waals surface area (Å²) in [5, 5.41) is 15.2. The Bertz CT molecular complexity index is 1110. The van der Waals surface area contributed by atoms with Gasteiger partial charge in [-0.3, -0.25) is 0 Å². The maximum atomic E-state index is 12.1. The van der Waals surface area contributed by atoms with Crippen LogP contribution in [0.3, 0.4) is 0 Å². The second kappa shape index (κ2) is 9.18. The number of hydrogen-bond donors (Lipinski definition) is 1. The summed E-state index contributed by atoms with van der Waals surface area (Å²) >= 11 is 1.41. The van der Waals surface area contributed by atoms with Crippen molar-refractivity contribution in [2.24, 2.45) is 0 Å². The highest BCUT2D eigenvalue weighted by atomic mass is 32.1. The van der Waals surface area contributed by atoms with Crippen molar-refractivity contribution in [1.29, 1.82) is 5.26 Å². The minimum absolute atomic E-state index is 0.298. The van der Waals surface area contributed by atoms with Gasteiger partial charge in [0, 0.05) is 17.1 Å². The van der Waals surface area contributed by atoms with E-state index in [0.29, 0.717) is 28.4 Å². The number of hydrogen-bond acceptors (Lipinski definition) is 6. The lowest BCUT2D eigenvalue weighted by Crippen LogP contribution is -2.07. The van der Waals surface area contributed by atoms with Crippen molar-refractivity contribution in [2.75, 3.05) is 11.9 Å². The van der Waals surface area contributed by atoms with Gasteiger partial charge in [0.1, 0.15) is 16.6 Å². The summed E-state index contributed by atoms with van der Waals surface area (Å²) in [5.74, 6) is -0.408. The third-order valence-electron chi connectivity index (χ3n) is 4.31. The Balaban J connectivity index is 1.86. The largest absolute Gasteiger partial charge is 0.462 e. The normalized spacial score (nSPS) is 11.0. The predicted octanol–water partition coefficient (Wildman–Crippen LogP) is 5.58. The Morgan fingerprint density at radius 1 is 1.28 bits per heavy atom. The van der Waals surface area contributed by atoms with Gasteiger partial charge in [0.15, 0.2) is 0 Å². The van der Waals surface area contributed by atoms with Crippen molar-refractivity contribution in [3.8, 4) is 17.3 Å². The van der Waals surface area contributed by atoms with Crippen LogP contribution in [-0.2, 0) is 4.74 Å². The number of anilines is 1. The fourth-order valence-corrected chi connectivity index (χ4v) is 3.70. The fraction of sp³-hybridized carbons (Fsp3) is 0.174. The van der Waals surface area contributed by atoms with E-state index >= 15 is 0 Å². The molecule has 0 saturated heterocycles. The van der Waals surface area contributed by atoms with Gasteiger partial charge in [-0.15, -0.1) is 11.3 Å². The maximum Gasteiger partial charge on any atom is 0.340 e. The average molecular weight is 404 g/mol. The van der Waals surface area contributed by atoms with E-state index < -0.39 is 5.97 Å². The number of aromatic nitrogens is 1. The Morgan fingerprint density at radius 2 is 2.07 bits per heavy atom. The molecule has 0 spiro atoms. The van der Waals surface area contributed by atoms with Crippen LogP contribution in [0.2, 0.25) is 0 Å². The Morgan fingerprint density at radius 3 is 2.79 bits per heavy atom. The lowest BCUT2D eigenvalue weighted by Gasteiger charge is -2.08. The van der Waals surface area contributed by atoms with Gasteiger partial charge >= 0.3 is 5.97 Å². The smallest absolute Gasteiger partial charge is 0.340 e. The van der Waals surface area contributed by atoms with Crippen LogP contribution in [-0.4, -0.2) is 17.6 Å². The average Bonchev–Trinajstić information content (AvgIpc) is 3.18. The predicted molar refractivity (Wildman–Crippen MR) is 117 cm³/mol. The quantitative estimate of drug-likeness (QED) is 0.429. The van der Waals surface area contributed by atoms with E-state index in [4.69, 9.17) is 4.74 Å². The molecule has 1 aromatic heterocycles. The first-order valence-electron chi connectivity index (χ1n) is 9.20. The molecule has 0 unspecified atom stereocenters. The first-order chi connectivity index (χ1) is 14.0. The van der Waals surface area contributed by atoms with E-state index in [-0.39, 0.29) is 0 Å². The van der Waals surface area contributed by atoms with Crippen molar-refractivity contribution < 1.29 is 9.53 Å². The summed E-state index contributed by atoms with van der Waals surface area (Å²) < 4.78 is 5.08. The molecular formula is C23H21N3O2S. The van der Waals surface area contributed by atoms with Crippen LogP contribution >= 0.6 is 11.3 Å². The van der Waals surface area contributed by atoms with Gasteiger partial charge < -0.3 is 10.1 Å². The highest BCUT2D eigenvalue weighted by molar-refractivity contribution is 7.11. The van der Waals surface area contributed by atoms with Crippen molar-refractivity contribution in [3.63, 3.8) is 0 Å². The highest BCUT2D eigenvalue weighted by Gasteiger charge is 2.13. The molecule has 1 heterocycles. The van der Waals surface area contributed by atoms with Crippen LogP contribution in [0.25, 0.3) is 16.8 Å². The Labute approximate surface area is 174 Å². The first-order valence-corrected chi connectivity index (χ1v) is 10.1. The number of benzene rings is 2. The summed E-state index contributed by atoms with van der Waals surface area (Å²) in [5.41, 5.74) is 5.62. The van der Waals surface area contributed by atoms with Gasteiger partial charge in [-0.2, -0.15) is 5.26 Å². The Kier molecular flexibility index (Phi) is 6.43. The van der Waals surface area contributed by atoms with Crippen LogP contribution in [0.4, 0.5) is 5.69 Å². The van der Waals surface area contributed by atoms with Gasteiger partial charge in [0.2, 0.25) is 0 Å². The lowest BCUT2D eigenvalue weighted by atomic mass is 10.0. The number of nitrogens with one attached hydrogen (secondary N) is 1. The number of carbonyl (C=O) groups excluding carboxylic acids is 1. The monoisotopic (exact) mass is 403 g/mol. The van der Waals surface area contributed by atoms with E-state index in [1.165, 1.54) is 16.9 Å². The number of nitriles is 1. The molecular weight excluding hydrogens is 382 g/mol. The molecule has 0 aliphatic heterocycles. The molecule has 0 radical (unpaired) electrons. The second-order valence-electron chi connectivity index (χ2n) is 6.44. The zero-order chi connectivity index (χ0) is 20.8. The molecule has 0 fully saturated rings. The topological polar surface area (TPSA) is 75.0 Å². The molecule has 3 aromatic rings. The van der Waals surface area contributed by atoms with Crippen LogP contribution in [0.15, 0.2) is 54.0 Å². The number of allylic oxidation sites excluding steroid dienone is 1. The van der Waals surface area contributed by atoms with Crippen LogP contribution in [0.5, 0.6) is 0 Å². The number of aryl methyl sites for hydroxylation is 2. The Hall–Kier alpha value is -3.43. The minimum atomic E-state index is -0.408. The third-order valence-corrected chi connectivity index (χ3v) is 5.18. The van der Waals surface area contributed by atoms with Crippen LogP contribution in [0.1, 0.15) is 33.4 Å². The molecule has 0 aliphatic rings. The van der Waals surface area contributed by atoms with Crippen LogP contribution < -0.4 is 5.32 Å². The molecule has 1 N–H and O–H groups in total. The summed E-state index contributed by atoms with van der Waals surface area (Å²) in [6.45, 7) is 6.17. The molecule has 0 saturated carbocycles. The fourth-order valence-electron chi connectivity index (χ4n) is 2.91. The molecule has 29 heavy (non-hydrogen) atoms. The number of para-hydroxylation sites is 1. The summed E-state index contributed by atoms with van der Waals surface area (Å²) in [7, 11) is 0. The second-order valence-corrected chi connectivity index (χ2v) is 7.29. The van der Waals surface area contributed by atoms with Gasteiger partial charge in [-0.1, -0.05) is 35.9 Å². The summed E-state index contributed by atoms with van der Waals surface area (Å²) in [6.07, 6.45) is 1.57. The molecule has 3 rings (SSSR count). The molecule has 0 bridgehead atoms. The van der Waals surface area contributed by atoms with E-state index in [9.17, 15) is 10.1 Å². The maximum absolute atomic E-state index is 12.1. The standard InChI is InChI=1S/C23H21N3O2S/c1-4-28-23(27)19-7-5-6-8-20(19)25-13-17(12-24)22-26-21(14-29-22)18-10-9-15(2)11-16(18)3/h5-11,13-14,25H,4H2,1-3H3. The number of thiazole rings is 1. The van der Waals surface area contributed by atoms with E-state index in [1.807, 2.05) is 17.5 Å². The molecule has 5 nitrogen and oxygen atoms in total. The van der Waals surface area contributed by atoms with Gasteiger partial charge in [0.25, 0.3) is 0 Å². The number of esters is 1. The van der Waals surface area contributed by atoms with Crippen molar-refractivity contribution in [3.05, 3.63) is 75.7 Å². The molecule has 146 valence electrons. The van der Waals surface area contributed by atoms with Gasteiger partial charge in [0.05, 0.1) is 23.6 Å². The van der Waals surface area contributed by atoms with E-state index in [1.54, 1.807) is 31.3 Å². The van der Waals surface area contributed by atoms with Crippen molar-refractivity contribution in [1.82, 2.24) is 4.98 Å². The molecule has 0 atom stereocenters. The minimum Gasteiger partial charge on any atom is -0.462 e. The number of nitrogens with zero attached hydrogens (tertiary/aromatic N) is 2. The first kappa shape index (κ1) is 20.3. The molecule has 2 aromatic carbocycles. The zero-order valence-electron chi connectivity index (χ0n) is 16.5. The van der Waals surface area contributed by atoms with Gasteiger partial charge in [-0.25, -0.2) is 9.78 Å². The SMILES string of the molecule is CCOC(=O)c1ccccc1NC=C(C#N)c1nc(-c2ccc(C)cc2C)cs1. The lowest BCUT2D eigenvalue weighted by molar-refractivity contribution is 0.0527. The van der Waals surface area contributed by atoms with Crippen LogP contribution in [0, 0.1) is 25.2 Å². The molecule has 0 aliphatic carbocycles. The third kappa shape index (κ3) is 4.71. The molecule has 0 amide bonds. The zero-order valence-corrected chi connectivity index (χ0v) is 17.3. The van der Waals surface area contributed by atoms with Crippen molar-refractivity contribution in [2.45, 2.75) is 20.8 Å². The van der Waals surface area contributed by atoms with E-state index in [0.717, 1.165) is 16.8 Å². The summed E-state index contributed by atoms with van der Waals surface area (Å²) in [6, 6.07) is 15.4.